The summed E-state index contributed by atoms with van der Waals surface area (Å²) in [6.07, 6.45) is 8.55. The average Bonchev–Trinajstić information content (AvgIpc) is 3.32. The maximum absolute atomic E-state index is 12.2. The minimum atomic E-state index is -0.462. The maximum atomic E-state index is 12.2. The molecule has 0 atom stereocenters. The zero-order valence-electron chi connectivity index (χ0n) is 21.3. The van der Waals surface area contributed by atoms with Crippen LogP contribution in [0.25, 0.3) is 0 Å². The minimum Gasteiger partial charge on any atom is -0.623 e. The Morgan fingerprint density at radius 1 is 1.20 bits per heavy atom. The van der Waals surface area contributed by atoms with Gasteiger partial charge in [-0.05, 0) is 55.5 Å². The smallest absolute Gasteiger partial charge is 0.225 e. The molecule has 0 N–H and O–H groups in total. The van der Waals surface area contributed by atoms with Crippen molar-refractivity contribution in [1.29, 1.82) is 0 Å². The number of piperidine rings is 1. The third-order valence-corrected chi connectivity index (χ3v) is 7.35. The van der Waals surface area contributed by atoms with Gasteiger partial charge in [0.15, 0.2) is 11.8 Å². The molecule has 0 unspecified atom stereocenters. The molecule has 0 amide bonds. The lowest BCUT2D eigenvalue weighted by molar-refractivity contribution is -0.530. The van der Waals surface area contributed by atoms with Crippen molar-refractivity contribution in [1.82, 2.24) is 15.0 Å². The van der Waals surface area contributed by atoms with Gasteiger partial charge < -0.3 is 14.8 Å². The van der Waals surface area contributed by atoms with Crippen molar-refractivity contribution in [2.75, 3.05) is 18.0 Å². The average molecular weight is 494 g/mol. The quantitative estimate of drug-likeness (QED) is 0.187. The van der Waals surface area contributed by atoms with Crippen LogP contribution >= 0.6 is 11.3 Å². The normalized spacial score (nSPS) is 15.5. The van der Waals surface area contributed by atoms with Crippen LogP contribution in [0.4, 0.5) is 5.95 Å². The van der Waals surface area contributed by atoms with Crippen molar-refractivity contribution in [3.63, 3.8) is 0 Å². The fraction of sp³-hybridized carbons (Fsp3) is 0.481. The Morgan fingerprint density at radius 3 is 2.54 bits per heavy atom. The molecule has 1 aliphatic rings. The first-order chi connectivity index (χ1) is 16.7. The third kappa shape index (κ3) is 6.36. The van der Waals surface area contributed by atoms with E-state index in [4.69, 9.17) is 9.72 Å². The molecule has 0 aliphatic carbocycles. The molecule has 3 aromatic rings. The summed E-state index contributed by atoms with van der Waals surface area (Å²) in [7, 11) is 0. The maximum Gasteiger partial charge on any atom is 0.225 e. The summed E-state index contributed by atoms with van der Waals surface area (Å²) in [5.74, 6) is 2.11. The van der Waals surface area contributed by atoms with Gasteiger partial charge in [0.05, 0.1) is 10.7 Å². The van der Waals surface area contributed by atoms with E-state index in [0.29, 0.717) is 12.5 Å². The first-order valence-electron chi connectivity index (χ1n) is 12.3. The van der Waals surface area contributed by atoms with E-state index < -0.39 is 5.54 Å². The lowest BCUT2D eigenvalue weighted by atomic mass is 9.98. The molecule has 1 saturated heterocycles. The Kier molecular flexibility index (Phi) is 7.69. The second-order valence-corrected chi connectivity index (χ2v) is 11.0. The molecule has 1 aromatic carbocycles. The van der Waals surface area contributed by atoms with E-state index in [1.807, 2.05) is 58.3 Å². The van der Waals surface area contributed by atoms with Crippen molar-refractivity contribution in [2.45, 2.75) is 71.9 Å². The Labute approximate surface area is 212 Å². The SMILES string of the molecule is CCc1cnc(N2CCC(c3nc(COc4ccc(/C=[N+](\[O-])C(C)(C)C)cc4C)cs3)CC2)nc1. The zero-order chi connectivity index (χ0) is 25.0. The van der Waals surface area contributed by atoms with Crippen LogP contribution in [0, 0.1) is 12.1 Å². The number of rotatable bonds is 7. The van der Waals surface area contributed by atoms with E-state index in [2.05, 4.69) is 27.2 Å². The Bertz CT molecular complexity index is 1160. The van der Waals surface area contributed by atoms with Gasteiger partial charge in [0.2, 0.25) is 5.95 Å². The number of ether oxygens (including phenoxy) is 1. The number of hydroxylamine groups is 1. The summed E-state index contributed by atoms with van der Waals surface area (Å²) >= 11 is 1.72. The lowest BCUT2D eigenvalue weighted by Gasteiger charge is -2.31. The molecular weight excluding hydrogens is 458 g/mol. The molecule has 1 aliphatic heterocycles. The molecule has 8 heteroatoms. The number of hydrogen-bond acceptors (Lipinski definition) is 7. The molecule has 186 valence electrons. The molecular formula is C27H35N5O2S. The summed E-state index contributed by atoms with van der Waals surface area (Å²) in [6, 6.07) is 5.82. The highest BCUT2D eigenvalue weighted by Crippen LogP contribution is 2.32. The van der Waals surface area contributed by atoms with Gasteiger partial charge in [-0.3, -0.25) is 0 Å². The van der Waals surface area contributed by atoms with E-state index in [1.54, 1.807) is 17.6 Å². The first-order valence-corrected chi connectivity index (χ1v) is 13.2. The summed E-state index contributed by atoms with van der Waals surface area (Å²) in [5, 5.41) is 15.5. The highest BCUT2D eigenvalue weighted by Gasteiger charge is 2.24. The highest BCUT2D eigenvalue weighted by molar-refractivity contribution is 7.09. The minimum absolute atomic E-state index is 0.437. The summed E-state index contributed by atoms with van der Waals surface area (Å²) in [4.78, 5) is 16.2. The number of benzene rings is 1. The molecule has 3 heterocycles. The Morgan fingerprint density at radius 2 is 1.91 bits per heavy atom. The lowest BCUT2D eigenvalue weighted by Crippen LogP contribution is -2.34. The van der Waals surface area contributed by atoms with Crippen LogP contribution in [0.2, 0.25) is 0 Å². The Balaban J connectivity index is 1.31. The largest absolute Gasteiger partial charge is 0.623 e. The van der Waals surface area contributed by atoms with Crippen LogP contribution in [0.1, 0.15) is 73.8 Å². The highest BCUT2D eigenvalue weighted by atomic mass is 32.1. The van der Waals surface area contributed by atoms with Crippen molar-refractivity contribution in [2.24, 2.45) is 0 Å². The topological polar surface area (TPSA) is 77.2 Å². The molecule has 2 aromatic heterocycles. The van der Waals surface area contributed by atoms with Gasteiger partial charge >= 0.3 is 0 Å². The number of nitrogens with zero attached hydrogens (tertiary/aromatic N) is 5. The fourth-order valence-electron chi connectivity index (χ4n) is 3.99. The molecule has 0 saturated carbocycles. The van der Waals surface area contributed by atoms with Crippen molar-refractivity contribution < 1.29 is 9.48 Å². The Hall–Kier alpha value is -3.00. The van der Waals surface area contributed by atoms with Crippen LogP contribution in [0.5, 0.6) is 5.75 Å². The van der Waals surface area contributed by atoms with Gasteiger partial charge in [-0.25, -0.2) is 19.7 Å². The zero-order valence-corrected chi connectivity index (χ0v) is 22.1. The van der Waals surface area contributed by atoms with Crippen molar-refractivity contribution >= 4 is 23.5 Å². The number of anilines is 1. The number of hydrogen-bond donors (Lipinski definition) is 0. The summed E-state index contributed by atoms with van der Waals surface area (Å²) in [5.41, 5.74) is 3.53. The standard InChI is InChI=1S/C27H35N5O2S/c1-6-20-14-28-26(29-15-20)31-11-9-22(10-12-31)25-30-23(18-35-25)17-34-24-8-7-21(13-19(24)2)16-32(33)27(3,4)5/h7-8,13-16,18,22H,6,9-12,17H2,1-5H3/b32-16-. The van der Waals surface area contributed by atoms with Crippen LogP contribution in [-0.2, 0) is 13.0 Å². The molecule has 4 rings (SSSR count). The van der Waals surface area contributed by atoms with E-state index in [1.165, 1.54) is 10.6 Å². The molecule has 0 radical (unpaired) electrons. The van der Waals surface area contributed by atoms with Crippen LogP contribution in [0.3, 0.4) is 0 Å². The van der Waals surface area contributed by atoms with Gasteiger partial charge in [0, 0.05) is 63.1 Å². The number of aryl methyl sites for hydroxylation is 2. The van der Waals surface area contributed by atoms with Crippen molar-refractivity contribution in [3.8, 4) is 5.75 Å². The molecule has 1 fully saturated rings. The van der Waals surface area contributed by atoms with Crippen LogP contribution < -0.4 is 9.64 Å². The second kappa shape index (κ2) is 10.7. The third-order valence-electron chi connectivity index (χ3n) is 6.30. The first kappa shape index (κ1) is 25.1. The van der Waals surface area contributed by atoms with E-state index >= 15 is 0 Å². The fourth-order valence-corrected chi connectivity index (χ4v) is 4.97. The van der Waals surface area contributed by atoms with Gasteiger partial charge in [-0.1, -0.05) is 6.92 Å². The van der Waals surface area contributed by atoms with Crippen molar-refractivity contribution in [3.05, 3.63) is 68.6 Å². The predicted molar refractivity (Wildman–Crippen MR) is 142 cm³/mol. The molecule has 7 nitrogen and oxygen atoms in total. The number of aromatic nitrogens is 3. The number of thiazole rings is 1. The van der Waals surface area contributed by atoms with Gasteiger partial charge in [-0.2, -0.15) is 0 Å². The predicted octanol–water partition coefficient (Wildman–Crippen LogP) is 5.49. The van der Waals surface area contributed by atoms with Crippen LogP contribution in [-0.4, -0.2) is 44.5 Å². The van der Waals surface area contributed by atoms with Gasteiger partial charge in [-0.15, -0.1) is 11.3 Å². The summed E-state index contributed by atoms with van der Waals surface area (Å²) in [6.45, 7) is 12.1. The second-order valence-electron chi connectivity index (χ2n) is 10.1. The van der Waals surface area contributed by atoms with Gasteiger partial charge in [0.25, 0.3) is 0 Å². The monoisotopic (exact) mass is 493 g/mol. The van der Waals surface area contributed by atoms with E-state index in [-0.39, 0.29) is 0 Å². The molecule has 0 spiro atoms. The van der Waals surface area contributed by atoms with Gasteiger partial charge in [0.1, 0.15) is 12.4 Å². The van der Waals surface area contributed by atoms with Crippen LogP contribution in [0.15, 0.2) is 36.0 Å². The van der Waals surface area contributed by atoms with E-state index in [0.717, 1.165) is 65.6 Å². The van der Waals surface area contributed by atoms with E-state index in [9.17, 15) is 5.21 Å². The molecule has 0 bridgehead atoms. The summed E-state index contributed by atoms with van der Waals surface area (Å²) < 4.78 is 7.04. The molecule has 35 heavy (non-hydrogen) atoms.